The smallest absolute Gasteiger partial charge is 0.140 e. The van der Waals surface area contributed by atoms with E-state index in [2.05, 4.69) is 33.1 Å². The van der Waals surface area contributed by atoms with Gasteiger partial charge in [-0.2, -0.15) is 0 Å². The van der Waals surface area contributed by atoms with Crippen LogP contribution in [0.2, 0.25) is 0 Å². The highest BCUT2D eigenvalue weighted by molar-refractivity contribution is 5.80. The number of nitrogens with one attached hydrogen (secondary N) is 1. The largest absolute Gasteiger partial charge is 0.385 e. The zero-order valence-corrected chi connectivity index (χ0v) is 11.4. The summed E-state index contributed by atoms with van der Waals surface area (Å²) < 4.78 is 2.11. The first-order valence-electron chi connectivity index (χ1n) is 6.96. The van der Waals surface area contributed by atoms with Gasteiger partial charge >= 0.3 is 0 Å². The molecule has 20 heavy (non-hydrogen) atoms. The van der Waals surface area contributed by atoms with Gasteiger partial charge in [-0.1, -0.05) is 0 Å². The molecule has 0 aliphatic carbocycles. The molecule has 0 bridgehead atoms. The van der Waals surface area contributed by atoms with Crippen molar-refractivity contribution in [3.63, 3.8) is 0 Å². The molecule has 0 fully saturated rings. The molecule has 1 aliphatic rings. The van der Waals surface area contributed by atoms with E-state index in [-0.39, 0.29) is 0 Å². The number of aryl methyl sites for hydroxylation is 2. The Kier molecular flexibility index (Phi) is 2.49. The molecule has 2 aromatic heterocycles. The summed E-state index contributed by atoms with van der Waals surface area (Å²) in [7, 11) is 2.05. The molecule has 100 valence electrons. The maximum absolute atomic E-state index is 4.73. The van der Waals surface area contributed by atoms with Crippen LogP contribution < -0.4 is 5.32 Å². The topological polar surface area (TPSA) is 42.7 Å². The van der Waals surface area contributed by atoms with Crippen LogP contribution in [0.15, 0.2) is 36.7 Å². The molecule has 0 unspecified atom stereocenters. The Labute approximate surface area is 117 Å². The van der Waals surface area contributed by atoms with Crippen LogP contribution in [0.4, 0.5) is 5.69 Å². The fraction of sp³-hybridized carbons (Fsp3) is 0.250. The number of benzene rings is 1. The molecule has 0 saturated carbocycles. The normalized spacial score (nSPS) is 14.1. The van der Waals surface area contributed by atoms with Gasteiger partial charge in [0.2, 0.25) is 0 Å². The van der Waals surface area contributed by atoms with E-state index in [9.17, 15) is 0 Å². The van der Waals surface area contributed by atoms with E-state index in [0.717, 1.165) is 29.8 Å². The minimum atomic E-state index is 0.994. The Morgan fingerprint density at radius 3 is 3.10 bits per heavy atom. The van der Waals surface area contributed by atoms with Crippen molar-refractivity contribution in [2.45, 2.75) is 12.8 Å². The van der Waals surface area contributed by atoms with Gasteiger partial charge in [0, 0.05) is 31.0 Å². The molecule has 0 amide bonds. The predicted octanol–water partition coefficient (Wildman–Crippen LogP) is 2.99. The second kappa shape index (κ2) is 4.34. The van der Waals surface area contributed by atoms with Crippen LogP contribution in [-0.2, 0) is 13.5 Å². The number of aromatic nitrogens is 3. The van der Waals surface area contributed by atoms with Crippen molar-refractivity contribution in [3.05, 3.63) is 42.2 Å². The van der Waals surface area contributed by atoms with Gasteiger partial charge in [-0.3, -0.25) is 4.98 Å². The molecule has 3 heterocycles. The second-order valence-corrected chi connectivity index (χ2v) is 5.26. The van der Waals surface area contributed by atoms with Gasteiger partial charge in [0.15, 0.2) is 0 Å². The molecule has 4 nitrogen and oxygen atoms in total. The Balaban J connectivity index is 1.88. The first-order valence-corrected chi connectivity index (χ1v) is 6.96. The minimum absolute atomic E-state index is 0.994. The number of rotatable bonds is 1. The first-order chi connectivity index (χ1) is 9.83. The average molecular weight is 264 g/mol. The lowest BCUT2D eigenvalue weighted by atomic mass is 10.0. The molecule has 3 aromatic rings. The number of imidazole rings is 1. The van der Waals surface area contributed by atoms with Crippen LogP contribution >= 0.6 is 0 Å². The number of hydrogen-bond acceptors (Lipinski definition) is 3. The number of hydrogen-bond donors (Lipinski definition) is 1. The maximum atomic E-state index is 4.73. The van der Waals surface area contributed by atoms with Gasteiger partial charge < -0.3 is 9.88 Å². The monoisotopic (exact) mass is 264 g/mol. The molecule has 4 rings (SSSR count). The summed E-state index contributed by atoms with van der Waals surface area (Å²) in [6.45, 7) is 1.07. The number of pyridine rings is 1. The van der Waals surface area contributed by atoms with Crippen LogP contribution in [0.5, 0.6) is 0 Å². The number of nitrogens with zero attached hydrogens (tertiary/aromatic N) is 3. The highest BCUT2D eigenvalue weighted by Crippen LogP contribution is 2.29. The van der Waals surface area contributed by atoms with E-state index in [1.807, 2.05) is 19.3 Å². The fourth-order valence-corrected chi connectivity index (χ4v) is 2.91. The molecule has 4 heteroatoms. The molecule has 1 aromatic carbocycles. The standard InChI is InChI=1S/C16H16N4/c1-20-15-10-17-8-6-14(15)19-16(20)12-4-5-13-11(9-12)3-2-7-18-13/h4-6,8-10,18H,2-3,7H2,1H3. The van der Waals surface area contributed by atoms with Crippen molar-refractivity contribution in [3.8, 4) is 11.4 Å². The molecular formula is C16H16N4. The zero-order chi connectivity index (χ0) is 13.5. The molecule has 0 saturated heterocycles. The van der Waals surface area contributed by atoms with Crippen molar-refractivity contribution >= 4 is 16.7 Å². The minimum Gasteiger partial charge on any atom is -0.385 e. The third-order valence-electron chi connectivity index (χ3n) is 3.98. The van der Waals surface area contributed by atoms with Gasteiger partial charge in [0.05, 0.1) is 17.2 Å². The van der Waals surface area contributed by atoms with Gasteiger partial charge in [0.1, 0.15) is 5.82 Å². The van der Waals surface area contributed by atoms with E-state index in [0.29, 0.717) is 0 Å². The van der Waals surface area contributed by atoms with E-state index in [1.165, 1.54) is 23.2 Å². The molecule has 1 N–H and O–H groups in total. The average Bonchev–Trinajstić information content (AvgIpc) is 2.84. The van der Waals surface area contributed by atoms with E-state index in [1.54, 1.807) is 6.20 Å². The first kappa shape index (κ1) is 11.5. The second-order valence-electron chi connectivity index (χ2n) is 5.26. The summed E-state index contributed by atoms with van der Waals surface area (Å²) in [5, 5.41) is 3.45. The Morgan fingerprint density at radius 1 is 1.25 bits per heavy atom. The lowest BCUT2D eigenvalue weighted by Gasteiger charge is -2.18. The van der Waals surface area contributed by atoms with Crippen LogP contribution in [0.1, 0.15) is 12.0 Å². The summed E-state index contributed by atoms with van der Waals surface area (Å²) in [6.07, 6.45) is 5.99. The van der Waals surface area contributed by atoms with Gasteiger partial charge in [-0.05, 0) is 42.7 Å². The lowest BCUT2D eigenvalue weighted by Crippen LogP contribution is -2.11. The van der Waals surface area contributed by atoms with E-state index in [4.69, 9.17) is 4.98 Å². The molecule has 0 atom stereocenters. The van der Waals surface area contributed by atoms with Gasteiger partial charge in [0.25, 0.3) is 0 Å². The van der Waals surface area contributed by atoms with Crippen molar-refractivity contribution in [2.75, 3.05) is 11.9 Å². The van der Waals surface area contributed by atoms with Crippen LogP contribution in [0, 0.1) is 0 Å². The molecular weight excluding hydrogens is 248 g/mol. The van der Waals surface area contributed by atoms with Crippen molar-refractivity contribution < 1.29 is 0 Å². The fourth-order valence-electron chi connectivity index (χ4n) is 2.91. The summed E-state index contributed by atoms with van der Waals surface area (Å²) in [6, 6.07) is 8.53. The third-order valence-corrected chi connectivity index (χ3v) is 3.98. The van der Waals surface area contributed by atoms with E-state index >= 15 is 0 Å². The molecule has 1 aliphatic heterocycles. The van der Waals surface area contributed by atoms with Crippen LogP contribution in [0.3, 0.4) is 0 Å². The number of fused-ring (bicyclic) bond motifs is 2. The van der Waals surface area contributed by atoms with Gasteiger partial charge in [-0.25, -0.2) is 4.98 Å². The molecule has 0 radical (unpaired) electrons. The predicted molar refractivity (Wildman–Crippen MR) is 80.8 cm³/mol. The Bertz CT molecular complexity index is 788. The van der Waals surface area contributed by atoms with Crippen molar-refractivity contribution in [1.29, 1.82) is 0 Å². The number of anilines is 1. The Hall–Kier alpha value is -2.36. The van der Waals surface area contributed by atoms with Crippen molar-refractivity contribution in [2.24, 2.45) is 7.05 Å². The zero-order valence-electron chi connectivity index (χ0n) is 11.4. The third kappa shape index (κ3) is 1.68. The summed E-state index contributed by atoms with van der Waals surface area (Å²) in [4.78, 5) is 8.91. The highest BCUT2D eigenvalue weighted by Gasteiger charge is 2.13. The van der Waals surface area contributed by atoms with E-state index < -0.39 is 0 Å². The summed E-state index contributed by atoms with van der Waals surface area (Å²) in [5.41, 5.74) is 5.89. The molecule has 0 spiro atoms. The van der Waals surface area contributed by atoms with Crippen molar-refractivity contribution in [1.82, 2.24) is 14.5 Å². The quantitative estimate of drug-likeness (QED) is 0.734. The van der Waals surface area contributed by atoms with Crippen LogP contribution in [-0.4, -0.2) is 21.1 Å². The lowest BCUT2D eigenvalue weighted by molar-refractivity contribution is 0.830. The maximum Gasteiger partial charge on any atom is 0.140 e. The summed E-state index contributed by atoms with van der Waals surface area (Å²) >= 11 is 0. The highest BCUT2D eigenvalue weighted by atomic mass is 15.1. The Morgan fingerprint density at radius 2 is 2.20 bits per heavy atom. The SMILES string of the molecule is Cn1c(-c2ccc3c(c2)CCCN3)nc2ccncc21. The summed E-state index contributed by atoms with van der Waals surface area (Å²) in [5.74, 6) is 1.00. The van der Waals surface area contributed by atoms with Gasteiger partial charge in [-0.15, -0.1) is 0 Å². The van der Waals surface area contributed by atoms with Crippen LogP contribution in [0.25, 0.3) is 22.4 Å².